The van der Waals surface area contributed by atoms with Crippen LogP contribution >= 0.6 is 0 Å². The van der Waals surface area contributed by atoms with Gasteiger partial charge in [-0.25, -0.2) is 4.98 Å². The van der Waals surface area contributed by atoms with E-state index in [4.69, 9.17) is 4.74 Å². The number of carbonyl (C=O) groups excluding carboxylic acids is 1. The van der Waals surface area contributed by atoms with E-state index in [1.54, 1.807) is 0 Å². The summed E-state index contributed by atoms with van der Waals surface area (Å²) in [4.78, 5) is 22.7. The van der Waals surface area contributed by atoms with Gasteiger partial charge in [0.05, 0.1) is 17.1 Å². The van der Waals surface area contributed by atoms with Gasteiger partial charge in [0.2, 0.25) is 0 Å². The lowest BCUT2D eigenvalue weighted by molar-refractivity contribution is -0.134. The fourth-order valence-electron chi connectivity index (χ4n) is 3.58. The lowest BCUT2D eigenvalue weighted by Gasteiger charge is -2.23. The molecular formula is C21H23N3O2. The molecule has 1 atom stereocenters. The molecular weight excluding hydrogens is 326 g/mol. The van der Waals surface area contributed by atoms with Gasteiger partial charge in [0.1, 0.15) is 11.6 Å². The van der Waals surface area contributed by atoms with Gasteiger partial charge in [0.15, 0.2) is 6.61 Å². The lowest BCUT2D eigenvalue weighted by Crippen LogP contribution is -2.35. The van der Waals surface area contributed by atoms with E-state index in [9.17, 15) is 4.79 Å². The van der Waals surface area contributed by atoms with E-state index in [0.29, 0.717) is 0 Å². The first-order valence-electron chi connectivity index (χ1n) is 9.06. The zero-order valence-electron chi connectivity index (χ0n) is 15.2. The standard InChI is InChI=1S/C21H23N3O2/c1-14-7-5-11-19(15(14)2)26-13-20(25)24-12-6-10-18(24)21-22-16-8-3-4-9-17(16)23-21/h3-5,7-9,11,18H,6,10,12-13H2,1-2H3,(H,22,23)/t18-/m0/s1. The Morgan fingerprint density at radius 3 is 2.92 bits per heavy atom. The highest BCUT2D eigenvalue weighted by atomic mass is 16.5. The minimum atomic E-state index is -0.00268. The first-order chi connectivity index (χ1) is 12.6. The summed E-state index contributed by atoms with van der Waals surface area (Å²) >= 11 is 0. The zero-order chi connectivity index (χ0) is 18.1. The molecule has 1 amide bonds. The maximum atomic E-state index is 12.8. The first kappa shape index (κ1) is 16.6. The molecule has 3 aromatic rings. The molecule has 4 rings (SSSR count). The van der Waals surface area contributed by atoms with Gasteiger partial charge in [0.25, 0.3) is 5.91 Å². The van der Waals surface area contributed by atoms with E-state index >= 15 is 0 Å². The highest BCUT2D eigenvalue weighted by molar-refractivity contribution is 5.79. The van der Waals surface area contributed by atoms with Crippen LogP contribution in [0.1, 0.15) is 35.8 Å². The molecule has 0 spiro atoms. The van der Waals surface area contributed by atoms with E-state index in [2.05, 4.69) is 9.97 Å². The van der Waals surface area contributed by atoms with Crippen molar-refractivity contribution in [2.45, 2.75) is 32.7 Å². The van der Waals surface area contributed by atoms with Crippen LogP contribution in [0.4, 0.5) is 0 Å². The number of hydrogen-bond donors (Lipinski definition) is 1. The third-order valence-electron chi connectivity index (χ3n) is 5.20. The number of carbonyl (C=O) groups is 1. The van der Waals surface area contributed by atoms with Gasteiger partial charge < -0.3 is 14.6 Å². The maximum absolute atomic E-state index is 12.8. The number of rotatable bonds is 4. The quantitative estimate of drug-likeness (QED) is 0.776. The summed E-state index contributed by atoms with van der Waals surface area (Å²) in [6.45, 7) is 4.86. The van der Waals surface area contributed by atoms with Crippen LogP contribution in [0.2, 0.25) is 0 Å². The van der Waals surface area contributed by atoms with E-state index in [-0.39, 0.29) is 18.6 Å². The van der Waals surface area contributed by atoms with Gasteiger partial charge in [-0.15, -0.1) is 0 Å². The van der Waals surface area contributed by atoms with Crippen molar-refractivity contribution in [1.29, 1.82) is 0 Å². The average Bonchev–Trinajstić information content (AvgIpc) is 3.29. The van der Waals surface area contributed by atoms with Crippen molar-refractivity contribution in [3.8, 4) is 5.75 Å². The predicted molar refractivity (Wildman–Crippen MR) is 101 cm³/mol. The molecule has 0 saturated carbocycles. The number of imidazole rings is 1. The monoisotopic (exact) mass is 349 g/mol. The highest BCUT2D eigenvalue weighted by Gasteiger charge is 2.32. The number of aromatic nitrogens is 2. The third kappa shape index (κ3) is 3.05. The summed E-state index contributed by atoms with van der Waals surface area (Å²) in [5.74, 6) is 1.65. The van der Waals surface area contributed by atoms with Crippen molar-refractivity contribution in [2.75, 3.05) is 13.2 Å². The van der Waals surface area contributed by atoms with E-state index < -0.39 is 0 Å². The molecule has 0 aliphatic carbocycles. The van der Waals surface area contributed by atoms with Crippen molar-refractivity contribution in [3.05, 3.63) is 59.4 Å². The minimum absolute atomic E-state index is 0.00268. The molecule has 1 aliphatic rings. The number of nitrogens with zero attached hydrogens (tertiary/aromatic N) is 2. The van der Waals surface area contributed by atoms with Crippen LogP contribution in [-0.2, 0) is 4.79 Å². The Balaban J connectivity index is 1.49. The Kier molecular flexibility index (Phi) is 4.37. The minimum Gasteiger partial charge on any atom is -0.483 e. The number of para-hydroxylation sites is 2. The molecule has 1 aliphatic heterocycles. The van der Waals surface area contributed by atoms with Crippen LogP contribution in [0, 0.1) is 13.8 Å². The van der Waals surface area contributed by atoms with E-state index in [1.165, 1.54) is 0 Å². The summed E-state index contributed by atoms with van der Waals surface area (Å²) in [5.41, 5.74) is 4.19. The van der Waals surface area contributed by atoms with Gasteiger partial charge in [-0.3, -0.25) is 4.79 Å². The summed E-state index contributed by atoms with van der Waals surface area (Å²) in [6.07, 6.45) is 1.91. The maximum Gasteiger partial charge on any atom is 0.261 e. The normalized spacial score (nSPS) is 17.0. The molecule has 0 bridgehead atoms. The number of aromatic amines is 1. The van der Waals surface area contributed by atoms with Crippen LogP contribution in [-0.4, -0.2) is 33.9 Å². The van der Waals surface area contributed by atoms with Gasteiger partial charge in [-0.05, 0) is 56.0 Å². The number of H-pyrrole nitrogens is 1. The lowest BCUT2D eigenvalue weighted by atomic mass is 10.1. The second-order valence-corrected chi connectivity index (χ2v) is 6.87. The Bertz CT molecular complexity index is 914. The Morgan fingerprint density at radius 2 is 2.08 bits per heavy atom. The van der Waals surface area contributed by atoms with E-state index in [0.717, 1.165) is 53.1 Å². The number of benzene rings is 2. The first-order valence-corrected chi connectivity index (χ1v) is 9.06. The molecule has 5 heteroatoms. The van der Waals surface area contributed by atoms with Crippen LogP contribution in [0.25, 0.3) is 11.0 Å². The van der Waals surface area contributed by atoms with Gasteiger partial charge >= 0.3 is 0 Å². The molecule has 2 aromatic carbocycles. The second-order valence-electron chi connectivity index (χ2n) is 6.87. The van der Waals surface area contributed by atoms with Crippen LogP contribution in [0.3, 0.4) is 0 Å². The summed E-state index contributed by atoms with van der Waals surface area (Å²) in [5, 5.41) is 0. The third-order valence-corrected chi connectivity index (χ3v) is 5.20. The van der Waals surface area contributed by atoms with Crippen molar-refractivity contribution in [3.63, 3.8) is 0 Å². The van der Waals surface area contributed by atoms with Crippen molar-refractivity contribution in [2.24, 2.45) is 0 Å². The predicted octanol–water partition coefficient (Wildman–Crippen LogP) is 3.92. The Hall–Kier alpha value is -2.82. The molecule has 1 saturated heterocycles. The number of hydrogen-bond acceptors (Lipinski definition) is 3. The van der Waals surface area contributed by atoms with E-state index in [1.807, 2.05) is 61.2 Å². The SMILES string of the molecule is Cc1cccc(OCC(=O)N2CCC[C@H]2c2nc3ccccc3[nH]2)c1C. The number of aryl methyl sites for hydroxylation is 1. The van der Waals surface area contributed by atoms with Gasteiger partial charge in [-0.1, -0.05) is 24.3 Å². The molecule has 1 N–H and O–H groups in total. The van der Waals surface area contributed by atoms with Crippen LogP contribution in [0.15, 0.2) is 42.5 Å². The molecule has 0 unspecified atom stereocenters. The van der Waals surface area contributed by atoms with Gasteiger partial charge in [-0.2, -0.15) is 0 Å². The summed E-state index contributed by atoms with van der Waals surface area (Å²) in [7, 11) is 0. The zero-order valence-corrected chi connectivity index (χ0v) is 15.2. The fraction of sp³-hybridized carbons (Fsp3) is 0.333. The van der Waals surface area contributed by atoms with Gasteiger partial charge in [0, 0.05) is 6.54 Å². The number of nitrogens with one attached hydrogen (secondary N) is 1. The molecule has 1 aromatic heterocycles. The largest absolute Gasteiger partial charge is 0.483 e. The molecule has 0 radical (unpaired) electrons. The average molecular weight is 349 g/mol. The molecule has 134 valence electrons. The van der Waals surface area contributed by atoms with Crippen molar-refractivity contribution < 1.29 is 9.53 Å². The fourth-order valence-corrected chi connectivity index (χ4v) is 3.58. The molecule has 1 fully saturated rings. The highest BCUT2D eigenvalue weighted by Crippen LogP contribution is 2.31. The molecule has 5 nitrogen and oxygen atoms in total. The van der Waals surface area contributed by atoms with Crippen LogP contribution < -0.4 is 4.74 Å². The molecule has 26 heavy (non-hydrogen) atoms. The Labute approximate surface area is 153 Å². The topological polar surface area (TPSA) is 58.2 Å². The van der Waals surface area contributed by atoms with Crippen molar-refractivity contribution in [1.82, 2.24) is 14.9 Å². The smallest absolute Gasteiger partial charge is 0.261 e. The summed E-state index contributed by atoms with van der Waals surface area (Å²) in [6, 6.07) is 13.9. The number of likely N-dealkylation sites (tertiary alicyclic amines) is 1. The molecule has 2 heterocycles. The number of amides is 1. The number of fused-ring (bicyclic) bond motifs is 1. The second kappa shape index (κ2) is 6.83. The Morgan fingerprint density at radius 1 is 1.23 bits per heavy atom. The van der Waals surface area contributed by atoms with Crippen LogP contribution in [0.5, 0.6) is 5.75 Å². The number of ether oxygens (including phenoxy) is 1. The van der Waals surface area contributed by atoms with Crippen molar-refractivity contribution >= 4 is 16.9 Å². The summed E-state index contributed by atoms with van der Waals surface area (Å²) < 4.78 is 5.81.